The number of alkyl halides is 1. The van der Waals surface area contributed by atoms with Gasteiger partial charge in [0.25, 0.3) is 14.4 Å². The molecule has 0 bridgehead atoms. The Morgan fingerprint density at radius 3 is 2.69 bits per heavy atom. The monoisotopic (exact) mass is 558 g/mol. The molecule has 3 unspecified atom stereocenters. The molecule has 208 valence electrons. The molecule has 1 aromatic carbocycles. The Balaban J connectivity index is 1.59. The van der Waals surface area contributed by atoms with Gasteiger partial charge in [-0.05, 0) is 46.7 Å². The topological polar surface area (TPSA) is 127 Å². The average molecular weight is 559 g/mol. The fourth-order valence-electron chi connectivity index (χ4n) is 4.34. The van der Waals surface area contributed by atoms with Crippen LogP contribution in [-0.4, -0.2) is 67.2 Å². The predicted octanol–water partition coefficient (Wildman–Crippen LogP) is 5.00. The molecule has 2 aromatic heterocycles. The van der Waals surface area contributed by atoms with Crippen LogP contribution in [0.2, 0.25) is 0 Å². The zero-order chi connectivity index (χ0) is 28.8. The van der Waals surface area contributed by atoms with Gasteiger partial charge in [0, 0.05) is 19.0 Å². The predicted molar refractivity (Wildman–Crippen MR) is 144 cm³/mol. The largest absolute Gasteiger partial charge is 0.349 e. The molecule has 1 aliphatic rings. The molecule has 0 spiro atoms. The Labute approximate surface area is 229 Å². The van der Waals surface area contributed by atoms with Crippen LogP contribution in [0.3, 0.4) is 0 Å². The summed E-state index contributed by atoms with van der Waals surface area (Å²) in [4.78, 5) is 25.4. The first-order valence-electron chi connectivity index (χ1n) is 13.3. The molecule has 3 aromatic rings. The number of carbonyl (C=O) groups excluding carboxylic acids is 1. The van der Waals surface area contributed by atoms with Crippen LogP contribution < -0.4 is 5.32 Å². The number of fused-ring (bicyclic) bond motifs is 1. The van der Waals surface area contributed by atoms with Gasteiger partial charge in [0.2, 0.25) is 0 Å². The Morgan fingerprint density at radius 1 is 1.28 bits per heavy atom. The molecule has 13 heteroatoms. The van der Waals surface area contributed by atoms with Crippen molar-refractivity contribution >= 4 is 31.4 Å². The highest BCUT2D eigenvalue weighted by molar-refractivity contribution is 7.44. The summed E-state index contributed by atoms with van der Waals surface area (Å²) in [7, 11) is -1.75. The number of imidazole rings is 1. The van der Waals surface area contributed by atoms with Crippen molar-refractivity contribution in [3.8, 4) is 6.07 Å². The van der Waals surface area contributed by atoms with E-state index in [-0.39, 0.29) is 54.9 Å². The standard InChI is InChI=1S/C26H33FN7O4P/c1-16(2)34(17(3)4)39(36-13-9-12-28)38-22-18(5)37-26(20(22)27)33-15-31-21-23(29-14-30-24(21)33)32-25(35)19-10-7-6-8-11-19/h6-8,10-11,14-18,20,22,26H,9,13H2,1-5H3,(H,29,30,32,35)/t18-,20?,22?,26-,39?/m1/s1/i5D. The third-order valence-electron chi connectivity index (χ3n) is 6.04. The number of benzene rings is 1. The Bertz CT molecular complexity index is 1320. The van der Waals surface area contributed by atoms with Crippen LogP contribution in [0.5, 0.6) is 0 Å². The fraction of sp³-hybridized carbons (Fsp3) is 0.500. The number of nitriles is 1. The molecular weight excluding hydrogens is 524 g/mol. The first-order valence-corrected chi connectivity index (χ1v) is 13.8. The van der Waals surface area contributed by atoms with E-state index < -0.39 is 33.1 Å². The molecule has 4 rings (SSSR count). The number of halogens is 1. The molecule has 0 radical (unpaired) electrons. The molecule has 3 heterocycles. The number of anilines is 1. The Hall–Kier alpha value is -3.07. The Kier molecular flexibility index (Phi) is 9.06. The number of amides is 1. The lowest BCUT2D eigenvalue weighted by Gasteiger charge is -2.37. The summed E-state index contributed by atoms with van der Waals surface area (Å²) < 4.78 is 45.7. The van der Waals surface area contributed by atoms with Gasteiger partial charge in [-0.15, -0.1) is 0 Å². The minimum atomic E-state index is -1.75. The van der Waals surface area contributed by atoms with Gasteiger partial charge in [-0.2, -0.15) is 5.26 Å². The molecule has 11 nitrogen and oxygen atoms in total. The lowest BCUT2D eigenvalue weighted by atomic mass is 10.2. The summed E-state index contributed by atoms with van der Waals surface area (Å²) >= 11 is 0. The maximum atomic E-state index is 16.1. The van der Waals surface area contributed by atoms with Crippen molar-refractivity contribution in [2.75, 3.05) is 11.9 Å². The van der Waals surface area contributed by atoms with Gasteiger partial charge in [0.1, 0.15) is 12.4 Å². The third kappa shape index (κ3) is 6.40. The second-order valence-electron chi connectivity index (χ2n) is 9.49. The van der Waals surface area contributed by atoms with Crippen molar-refractivity contribution in [2.24, 2.45) is 0 Å². The minimum absolute atomic E-state index is 0.0256. The van der Waals surface area contributed by atoms with E-state index in [4.69, 9.17) is 20.4 Å². The fourth-order valence-corrected chi connectivity index (χ4v) is 6.11. The molecule has 0 aliphatic carbocycles. The summed E-state index contributed by atoms with van der Waals surface area (Å²) in [5.74, 6) is -0.197. The van der Waals surface area contributed by atoms with Gasteiger partial charge in [-0.3, -0.25) is 9.36 Å². The maximum absolute atomic E-state index is 16.1. The molecule has 5 atom stereocenters. The van der Waals surface area contributed by atoms with Gasteiger partial charge in [-0.1, -0.05) is 18.2 Å². The van der Waals surface area contributed by atoms with Crippen molar-refractivity contribution < 1.29 is 24.3 Å². The van der Waals surface area contributed by atoms with Gasteiger partial charge >= 0.3 is 0 Å². The van der Waals surface area contributed by atoms with E-state index in [1.165, 1.54) is 17.2 Å². The number of nitrogens with one attached hydrogen (secondary N) is 1. The van der Waals surface area contributed by atoms with Crippen LogP contribution in [0.25, 0.3) is 11.2 Å². The number of ether oxygens (including phenoxy) is 1. The van der Waals surface area contributed by atoms with Crippen LogP contribution in [-0.2, 0) is 13.8 Å². The van der Waals surface area contributed by atoms with Crippen LogP contribution in [0.1, 0.15) is 59.0 Å². The summed E-state index contributed by atoms with van der Waals surface area (Å²) in [6.07, 6.45) is -2.06. The maximum Gasteiger partial charge on any atom is 0.259 e. The van der Waals surface area contributed by atoms with Crippen molar-refractivity contribution in [3.05, 3.63) is 48.5 Å². The van der Waals surface area contributed by atoms with E-state index in [1.54, 1.807) is 24.3 Å². The zero-order valence-electron chi connectivity index (χ0n) is 23.3. The second-order valence-corrected chi connectivity index (χ2v) is 10.9. The minimum Gasteiger partial charge on any atom is -0.349 e. The number of hydrogen-bond acceptors (Lipinski definition) is 9. The smallest absolute Gasteiger partial charge is 0.259 e. The van der Waals surface area contributed by atoms with Crippen LogP contribution >= 0.6 is 8.53 Å². The quantitative estimate of drug-likeness (QED) is 0.256. The first kappa shape index (κ1) is 27.5. The second kappa shape index (κ2) is 12.9. The molecule has 39 heavy (non-hydrogen) atoms. The zero-order valence-corrected chi connectivity index (χ0v) is 23.2. The Morgan fingerprint density at radius 2 is 2.03 bits per heavy atom. The number of rotatable bonds is 11. The van der Waals surface area contributed by atoms with E-state index in [0.717, 1.165) is 0 Å². The highest BCUT2D eigenvalue weighted by Gasteiger charge is 2.48. The van der Waals surface area contributed by atoms with Crippen LogP contribution in [0.4, 0.5) is 10.2 Å². The van der Waals surface area contributed by atoms with Crippen molar-refractivity contribution in [1.82, 2.24) is 24.2 Å². The molecule has 1 amide bonds. The number of aromatic nitrogens is 4. The highest BCUT2D eigenvalue weighted by atomic mass is 31.2. The van der Waals surface area contributed by atoms with Crippen molar-refractivity contribution in [1.29, 1.82) is 5.26 Å². The number of carbonyl (C=O) groups is 1. The van der Waals surface area contributed by atoms with Crippen LogP contribution in [0.15, 0.2) is 43.0 Å². The van der Waals surface area contributed by atoms with E-state index in [2.05, 4.69) is 20.3 Å². The molecule has 1 saturated heterocycles. The lowest BCUT2D eigenvalue weighted by Crippen LogP contribution is -2.37. The molecule has 1 fully saturated rings. The molecular formula is C26H33FN7O4P. The van der Waals surface area contributed by atoms with Gasteiger partial charge in [0.05, 0.1) is 31.5 Å². The SMILES string of the molecule is [2H]C[C@H]1O[C@@H](n2cnc3c(NC(=O)c4ccccc4)ncnc32)C(F)C1OP(OCCC#N)N(C(C)C)C(C)C. The summed E-state index contributed by atoms with van der Waals surface area (Å²) in [6.45, 7) is 7.84. The lowest BCUT2D eigenvalue weighted by molar-refractivity contribution is -0.0132. The highest BCUT2D eigenvalue weighted by Crippen LogP contribution is 2.50. The molecule has 0 saturated carbocycles. The van der Waals surface area contributed by atoms with Crippen molar-refractivity contribution in [2.45, 2.75) is 77.7 Å². The van der Waals surface area contributed by atoms with E-state index >= 15 is 4.39 Å². The van der Waals surface area contributed by atoms with E-state index in [1.807, 2.05) is 44.5 Å². The third-order valence-corrected chi connectivity index (χ3v) is 8.17. The summed E-state index contributed by atoms with van der Waals surface area (Å²) in [6, 6.07) is 10.8. The normalized spacial score (nSPS) is 22.4. The number of nitrogens with zero attached hydrogens (tertiary/aromatic N) is 6. The number of hydrogen-bond donors (Lipinski definition) is 1. The van der Waals surface area contributed by atoms with E-state index in [0.29, 0.717) is 5.56 Å². The van der Waals surface area contributed by atoms with Gasteiger partial charge in [-0.25, -0.2) is 24.0 Å². The molecule has 1 N–H and O–H groups in total. The van der Waals surface area contributed by atoms with Crippen molar-refractivity contribution in [3.63, 3.8) is 0 Å². The molecule has 1 aliphatic heterocycles. The van der Waals surface area contributed by atoms with Gasteiger partial charge < -0.3 is 19.1 Å². The average Bonchev–Trinajstić information content (AvgIpc) is 3.50. The summed E-state index contributed by atoms with van der Waals surface area (Å²) in [5.41, 5.74) is 0.969. The van der Waals surface area contributed by atoms with Gasteiger partial charge in [0.15, 0.2) is 29.4 Å². The first-order chi connectivity index (χ1) is 19.3. The summed E-state index contributed by atoms with van der Waals surface area (Å²) in [5, 5.41) is 11.7. The van der Waals surface area contributed by atoms with Crippen LogP contribution in [0, 0.1) is 11.3 Å². The van der Waals surface area contributed by atoms with E-state index in [9.17, 15) is 4.79 Å².